The van der Waals surface area contributed by atoms with E-state index in [1.807, 2.05) is 4.90 Å². The summed E-state index contributed by atoms with van der Waals surface area (Å²) in [5.74, 6) is -3.75. The predicted molar refractivity (Wildman–Crippen MR) is 110 cm³/mol. The molecular weight excluding hydrogens is 409 g/mol. The maximum absolute atomic E-state index is 15.5. The number of carbonyl (C=O) groups is 1. The zero-order chi connectivity index (χ0) is 22.3. The van der Waals surface area contributed by atoms with Crippen LogP contribution in [0.15, 0.2) is 37.1 Å². The predicted octanol–water partition coefficient (Wildman–Crippen LogP) is 3.56. The first-order chi connectivity index (χ1) is 14.8. The summed E-state index contributed by atoms with van der Waals surface area (Å²) in [6.07, 6.45) is 2.78. The first-order valence-corrected chi connectivity index (χ1v) is 9.61. The lowest BCUT2D eigenvalue weighted by Gasteiger charge is -2.35. The van der Waals surface area contributed by atoms with E-state index >= 15 is 4.39 Å². The van der Waals surface area contributed by atoms with Crippen molar-refractivity contribution < 1.29 is 23.1 Å². The number of aromatic hydroxyl groups is 1. The van der Waals surface area contributed by atoms with E-state index < -0.39 is 28.8 Å². The highest BCUT2D eigenvalue weighted by molar-refractivity contribution is 5.96. The number of anilines is 1. The largest absolute Gasteiger partial charge is 0.507 e. The average molecular weight is 428 g/mol. The topological polar surface area (TPSA) is 69.6 Å². The number of hydrogen-bond acceptors (Lipinski definition) is 5. The van der Waals surface area contributed by atoms with Gasteiger partial charge in [0.2, 0.25) is 5.91 Å². The molecule has 0 aliphatic carbocycles. The fourth-order valence-corrected chi connectivity index (χ4v) is 3.93. The number of nitrogens with zero attached hydrogens (tertiary/aromatic N) is 4. The highest BCUT2D eigenvalue weighted by Crippen LogP contribution is 2.40. The van der Waals surface area contributed by atoms with E-state index in [0.717, 1.165) is 6.07 Å². The van der Waals surface area contributed by atoms with Crippen LogP contribution >= 0.6 is 0 Å². The summed E-state index contributed by atoms with van der Waals surface area (Å²) in [5, 5.41) is 18.3. The van der Waals surface area contributed by atoms with Crippen molar-refractivity contribution in [3.63, 3.8) is 0 Å². The number of halogens is 3. The molecule has 3 aromatic rings. The number of rotatable bonds is 3. The van der Waals surface area contributed by atoms with Gasteiger partial charge in [0.25, 0.3) is 0 Å². The average Bonchev–Trinajstić information content (AvgIpc) is 2.74. The quantitative estimate of drug-likeness (QED) is 0.646. The zero-order valence-corrected chi connectivity index (χ0v) is 16.7. The Labute approximate surface area is 176 Å². The number of hydrogen-bond donors (Lipinski definition) is 1. The highest BCUT2D eigenvalue weighted by Gasteiger charge is 2.25. The molecule has 9 heteroatoms. The molecule has 0 atom stereocenters. The summed E-state index contributed by atoms with van der Waals surface area (Å²) in [6.45, 7) is 7.04. The zero-order valence-electron chi connectivity index (χ0n) is 16.7. The SMILES string of the molecule is C=CC(=O)N1CCN(c2cnnc3c(F)c(-c4c(O)cc(F)cc4F)c(C)cc23)CC1. The van der Waals surface area contributed by atoms with Gasteiger partial charge >= 0.3 is 0 Å². The van der Waals surface area contributed by atoms with Crippen LogP contribution < -0.4 is 4.90 Å². The molecule has 1 N–H and O–H groups in total. The van der Waals surface area contributed by atoms with E-state index in [0.29, 0.717) is 48.9 Å². The van der Waals surface area contributed by atoms with Gasteiger partial charge in [0.1, 0.15) is 22.9 Å². The van der Waals surface area contributed by atoms with E-state index in [1.165, 1.54) is 12.3 Å². The normalized spacial score (nSPS) is 14.2. The number of piperazine rings is 1. The minimum atomic E-state index is -1.08. The molecule has 1 fully saturated rings. The molecule has 2 heterocycles. The molecule has 0 radical (unpaired) electrons. The molecule has 0 unspecified atom stereocenters. The summed E-state index contributed by atoms with van der Waals surface area (Å²) < 4.78 is 43.3. The number of fused-ring (bicyclic) bond motifs is 1. The van der Waals surface area contributed by atoms with Crippen molar-refractivity contribution in [1.82, 2.24) is 15.1 Å². The Hall–Kier alpha value is -3.62. The molecule has 1 aliphatic rings. The number of carbonyl (C=O) groups excluding carboxylic acids is 1. The van der Waals surface area contributed by atoms with E-state index in [1.54, 1.807) is 17.9 Å². The van der Waals surface area contributed by atoms with Crippen molar-refractivity contribution in [2.45, 2.75) is 6.92 Å². The Morgan fingerprint density at radius 2 is 1.84 bits per heavy atom. The lowest BCUT2D eigenvalue weighted by Crippen LogP contribution is -2.48. The van der Waals surface area contributed by atoms with Crippen molar-refractivity contribution in [3.8, 4) is 16.9 Å². The second-order valence-electron chi connectivity index (χ2n) is 7.31. The van der Waals surface area contributed by atoms with Gasteiger partial charge in [-0.2, -0.15) is 5.10 Å². The molecular formula is C22H19F3N4O2. The monoisotopic (exact) mass is 428 g/mol. The van der Waals surface area contributed by atoms with Crippen LogP contribution in [0.3, 0.4) is 0 Å². The molecule has 0 bridgehead atoms. The molecule has 0 saturated carbocycles. The molecule has 2 aromatic carbocycles. The van der Waals surface area contributed by atoms with Gasteiger partial charge in [-0.3, -0.25) is 4.79 Å². The summed E-state index contributed by atoms with van der Waals surface area (Å²) in [6, 6.07) is 2.96. The third kappa shape index (κ3) is 3.56. The Morgan fingerprint density at radius 1 is 1.13 bits per heavy atom. The summed E-state index contributed by atoms with van der Waals surface area (Å²) in [5.41, 5.74) is 0.261. The molecule has 160 valence electrons. The summed E-state index contributed by atoms with van der Waals surface area (Å²) >= 11 is 0. The summed E-state index contributed by atoms with van der Waals surface area (Å²) in [7, 11) is 0. The Bertz CT molecular complexity index is 1180. The van der Waals surface area contributed by atoms with Crippen molar-refractivity contribution in [1.29, 1.82) is 0 Å². The fraction of sp³-hybridized carbons (Fsp3) is 0.227. The minimum absolute atomic E-state index is 0.0918. The van der Waals surface area contributed by atoms with Crippen molar-refractivity contribution in [3.05, 3.63) is 60.1 Å². The van der Waals surface area contributed by atoms with Crippen LogP contribution in [0.5, 0.6) is 5.75 Å². The maximum Gasteiger partial charge on any atom is 0.246 e. The van der Waals surface area contributed by atoms with Gasteiger partial charge in [0.05, 0.1) is 17.4 Å². The third-order valence-corrected chi connectivity index (χ3v) is 5.44. The molecule has 1 aromatic heterocycles. The molecule has 1 aliphatic heterocycles. The lowest BCUT2D eigenvalue weighted by molar-refractivity contribution is -0.126. The van der Waals surface area contributed by atoms with Crippen LogP contribution in [0, 0.1) is 24.4 Å². The van der Waals surface area contributed by atoms with Crippen LogP contribution in [0.4, 0.5) is 18.9 Å². The van der Waals surface area contributed by atoms with Crippen LogP contribution in [0.25, 0.3) is 22.0 Å². The molecule has 0 spiro atoms. The molecule has 1 saturated heterocycles. The third-order valence-electron chi connectivity index (χ3n) is 5.44. The number of amides is 1. The Balaban J connectivity index is 1.80. The van der Waals surface area contributed by atoms with Crippen LogP contribution in [-0.2, 0) is 4.79 Å². The number of phenolic OH excluding ortho intramolecular Hbond substituents is 1. The molecule has 1 amide bonds. The van der Waals surface area contributed by atoms with Crippen LogP contribution in [-0.4, -0.2) is 52.3 Å². The first kappa shape index (κ1) is 20.6. The highest BCUT2D eigenvalue weighted by atomic mass is 19.1. The molecule has 31 heavy (non-hydrogen) atoms. The second-order valence-corrected chi connectivity index (χ2v) is 7.31. The van der Waals surface area contributed by atoms with Crippen LogP contribution in [0.1, 0.15) is 5.56 Å². The molecule has 6 nitrogen and oxygen atoms in total. The Kier molecular flexibility index (Phi) is 5.26. The van der Waals surface area contributed by atoms with E-state index in [2.05, 4.69) is 16.8 Å². The van der Waals surface area contributed by atoms with E-state index in [9.17, 15) is 18.7 Å². The Morgan fingerprint density at radius 3 is 2.48 bits per heavy atom. The van der Waals surface area contributed by atoms with Crippen molar-refractivity contribution in [2.24, 2.45) is 0 Å². The van der Waals surface area contributed by atoms with Gasteiger partial charge in [-0.05, 0) is 24.6 Å². The van der Waals surface area contributed by atoms with Crippen molar-refractivity contribution in [2.75, 3.05) is 31.1 Å². The number of aryl methyl sites for hydroxylation is 1. The van der Waals surface area contributed by atoms with Crippen LogP contribution in [0.2, 0.25) is 0 Å². The van der Waals surface area contributed by atoms with Gasteiger partial charge in [-0.25, -0.2) is 13.2 Å². The van der Waals surface area contributed by atoms with E-state index in [-0.39, 0.29) is 17.0 Å². The number of aromatic nitrogens is 2. The van der Waals surface area contributed by atoms with Gasteiger partial charge in [-0.1, -0.05) is 6.58 Å². The van der Waals surface area contributed by atoms with E-state index in [4.69, 9.17) is 0 Å². The van der Waals surface area contributed by atoms with Crippen molar-refractivity contribution >= 4 is 22.5 Å². The standard InChI is InChI=1S/C22H19F3N4O2/c1-3-18(31)29-6-4-28(5-7-29)16-11-26-27-22-14(16)8-12(2)19(21(22)25)20-15(24)9-13(23)10-17(20)30/h3,8-11,30H,1,4-7H2,2H3. The van der Waals surface area contributed by atoms with Gasteiger partial charge in [0.15, 0.2) is 5.82 Å². The smallest absolute Gasteiger partial charge is 0.246 e. The number of phenols is 1. The lowest BCUT2D eigenvalue weighted by atomic mass is 9.95. The maximum atomic E-state index is 15.5. The fourth-order valence-electron chi connectivity index (χ4n) is 3.93. The van der Waals surface area contributed by atoms with Gasteiger partial charge < -0.3 is 14.9 Å². The number of benzene rings is 2. The minimum Gasteiger partial charge on any atom is -0.507 e. The second kappa shape index (κ2) is 7.90. The van der Waals surface area contributed by atoms with Gasteiger partial charge in [-0.15, -0.1) is 5.10 Å². The first-order valence-electron chi connectivity index (χ1n) is 9.61. The molecule has 4 rings (SSSR count). The van der Waals surface area contributed by atoms with Gasteiger partial charge in [0, 0.05) is 49.3 Å². The summed E-state index contributed by atoms with van der Waals surface area (Å²) in [4.78, 5) is 15.4.